The van der Waals surface area contributed by atoms with Crippen LogP contribution in [0.3, 0.4) is 0 Å². The Morgan fingerprint density at radius 2 is 2.00 bits per heavy atom. The van der Waals surface area contributed by atoms with Crippen LogP contribution in [-0.4, -0.2) is 19.0 Å². The molecule has 11 heavy (non-hydrogen) atoms. The molecule has 1 aliphatic heterocycles. The highest BCUT2D eigenvalue weighted by molar-refractivity contribution is 4.88. The van der Waals surface area contributed by atoms with Crippen LogP contribution in [0, 0.1) is 0 Å². The first-order valence-electron chi connectivity index (χ1n) is 4.23. The topological polar surface area (TPSA) is 18.5 Å². The Balaban J connectivity index is 0.000000461. The van der Waals surface area contributed by atoms with Crippen LogP contribution in [0.4, 0.5) is 0 Å². The van der Waals surface area contributed by atoms with Gasteiger partial charge in [-0.15, -0.1) is 0 Å². The summed E-state index contributed by atoms with van der Waals surface area (Å²) in [5, 5.41) is 0. The van der Waals surface area contributed by atoms with Crippen LogP contribution in [0.5, 0.6) is 0 Å². The molecule has 2 atom stereocenters. The smallest absolute Gasteiger partial charge is 0.155 e. The molecule has 0 amide bonds. The maximum Gasteiger partial charge on any atom is 0.155 e. The molecule has 1 fully saturated rings. The van der Waals surface area contributed by atoms with E-state index in [2.05, 4.69) is 0 Å². The Morgan fingerprint density at radius 3 is 2.36 bits per heavy atom. The summed E-state index contributed by atoms with van der Waals surface area (Å²) in [6, 6.07) is 0. The Kier molecular flexibility index (Phi) is 6.18. The fraction of sp³-hybridized carbons (Fsp3) is 0.778. The molecule has 0 bridgehead atoms. The average Bonchev–Trinajstić information content (AvgIpc) is 2.41. The molecule has 1 rings (SSSR count). The molecular weight excluding hydrogens is 140 g/mol. The number of hydrogen-bond acceptors (Lipinski definition) is 2. The number of hydrogen-bond donors (Lipinski definition) is 0. The molecule has 1 unspecified atom stereocenters. The Hall–Kier alpha value is -0.340. The standard InChI is InChI=1S/C7H12O2.C2H6/c1-3-4-7-5-8-6(2)9-7;1-2/h3-4,6-7H,5H2,1-2H3;1-2H3/b4-3+;/t6?,7-;/m0./s1. The van der Waals surface area contributed by atoms with Gasteiger partial charge in [0, 0.05) is 0 Å². The zero-order chi connectivity index (χ0) is 8.69. The van der Waals surface area contributed by atoms with Crippen molar-refractivity contribution in [1.29, 1.82) is 0 Å². The van der Waals surface area contributed by atoms with E-state index in [1.165, 1.54) is 0 Å². The van der Waals surface area contributed by atoms with Crippen LogP contribution < -0.4 is 0 Å². The number of ether oxygens (including phenoxy) is 2. The highest BCUT2D eigenvalue weighted by Crippen LogP contribution is 2.10. The Bertz CT molecular complexity index is 110. The van der Waals surface area contributed by atoms with Crippen molar-refractivity contribution in [3.05, 3.63) is 12.2 Å². The minimum atomic E-state index is -0.0220. The first-order chi connectivity index (χ1) is 5.33. The van der Waals surface area contributed by atoms with E-state index in [-0.39, 0.29) is 12.4 Å². The van der Waals surface area contributed by atoms with Crippen LogP contribution in [0.25, 0.3) is 0 Å². The molecule has 0 aromatic heterocycles. The lowest BCUT2D eigenvalue weighted by atomic mass is 10.3. The van der Waals surface area contributed by atoms with Gasteiger partial charge in [0.2, 0.25) is 0 Å². The van der Waals surface area contributed by atoms with Crippen molar-refractivity contribution in [2.24, 2.45) is 0 Å². The minimum absolute atomic E-state index is 0.0220. The van der Waals surface area contributed by atoms with Crippen molar-refractivity contribution in [1.82, 2.24) is 0 Å². The first-order valence-corrected chi connectivity index (χ1v) is 4.23. The van der Waals surface area contributed by atoms with Gasteiger partial charge in [0.15, 0.2) is 6.29 Å². The van der Waals surface area contributed by atoms with Gasteiger partial charge in [-0.3, -0.25) is 0 Å². The second-order valence-electron chi connectivity index (χ2n) is 2.10. The van der Waals surface area contributed by atoms with Crippen LogP contribution in [-0.2, 0) is 9.47 Å². The lowest BCUT2D eigenvalue weighted by Crippen LogP contribution is -2.05. The fourth-order valence-corrected chi connectivity index (χ4v) is 0.871. The van der Waals surface area contributed by atoms with Gasteiger partial charge in [0.25, 0.3) is 0 Å². The molecule has 0 N–H and O–H groups in total. The van der Waals surface area contributed by atoms with Gasteiger partial charge in [-0.25, -0.2) is 0 Å². The summed E-state index contributed by atoms with van der Waals surface area (Å²) >= 11 is 0. The molecule has 66 valence electrons. The maximum absolute atomic E-state index is 5.29. The molecule has 1 heterocycles. The zero-order valence-electron chi connectivity index (χ0n) is 7.83. The molecule has 2 heteroatoms. The summed E-state index contributed by atoms with van der Waals surface area (Å²) in [6.45, 7) is 8.58. The summed E-state index contributed by atoms with van der Waals surface area (Å²) in [5.41, 5.74) is 0. The second kappa shape index (κ2) is 6.38. The molecule has 0 aromatic rings. The highest BCUT2D eigenvalue weighted by atomic mass is 16.7. The van der Waals surface area contributed by atoms with E-state index in [9.17, 15) is 0 Å². The van der Waals surface area contributed by atoms with Gasteiger partial charge >= 0.3 is 0 Å². The zero-order valence-corrected chi connectivity index (χ0v) is 7.83. The second-order valence-corrected chi connectivity index (χ2v) is 2.10. The van der Waals surface area contributed by atoms with E-state index in [4.69, 9.17) is 9.47 Å². The third kappa shape index (κ3) is 4.17. The van der Waals surface area contributed by atoms with Gasteiger partial charge in [0.1, 0.15) is 6.10 Å². The summed E-state index contributed by atoms with van der Waals surface area (Å²) < 4.78 is 10.4. The predicted molar refractivity (Wildman–Crippen MR) is 46.4 cm³/mol. The van der Waals surface area contributed by atoms with Crippen molar-refractivity contribution < 1.29 is 9.47 Å². The molecule has 1 aliphatic rings. The lowest BCUT2D eigenvalue weighted by Gasteiger charge is -2.00. The van der Waals surface area contributed by atoms with Crippen LogP contribution in [0.15, 0.2) is 12.2 Å². The molecule has 0 saturated carbocycles. The molecule has 0 aliphatic carbocycles. The monoisotopic (exact) mass is 158 g/mol. The van der Waals surface area contributed by atoms with Gasteiger partial charge in [-0.05, 0) is 13.8 Å². The normalized spacial score (nSPS) is 30.2. The van der Waals surface area contributed by atoms with E-state index in [0.29, 0.717) is 6.61 Å². The van der Waals surface area contributed by atoms with E-state index in [1.54, 1.807) is 0 Å². The van der Waals surface area contributed by atoms with Gasteiger partial charge in [-0.2, -0.15) is 0 Å². The molecule has 0 radical (unpaired) electrons. The minimum Gasteiger partial charge on any atom is -0.350 e. The quantitative estimate of drug-likeness (QED) is 0.545. The fourth-order valence-electron chi connectivity index (χ4n) is 0.871. The molecule has 0 spiro atoms. The van der Waals surface area contributed by atoms with Gasteiger partial charge < -0.3 is 9.47 Å². The van der Waals surface area contributed by atoms with E-state index in [1.807, 2.05) is 39.8 Å². The molecule has 2 nitrogen and oxygen atoms in total. The number of allylic oxidation sites excluding steroid dienone is 1. The van der Waals surface area contributed by atoms with Crippen molar-refractivity contribution in [3.8, 4) is 0 Å². The van der Waals surface area contributed by atoms with Crippen LogP contribution >= 0.6 is 0 Å². The highest BCUT2D eigenvalue weighted by Gasteiger charge is 2.18. The van der Waals surface area contributed by atoms with Crippen molar-refractivity contribution in [3.63, 3.8) is 0 Å². The average molecular weight is 158 g/mol. The van der Waals surface area contributed by atoms with Crippen molar-refractivity contribution in [2.75, 3.05) is 6.61 Å². The third-order valence-electron chi connectivity index (χ3n) is 1.27. The van der Waals surface area contributed by atoms with Crippen LogP contribution in [0.2, 0.25) is 0 Å². The molecule has 1 saturated heterocycles. The summed E-state index contributed by atoms with van der Waals surface area (Å²) in [4.78, 5) is 0. The van der Waals surface area contributed by atoms with E-state index >= 15 is 0 Å². The summed E-state index contributed by atoms with van der Waals surface area (Å²) in [6.07, 6.45) is 4.14. The van der Waals surface area contributed by atoms with Gasteiger partial charge in [-0.1, -0.05) is 26.0 Å². The largest absolute Gasteiger partial charge is 0.350 e. The van der Waals surface area contributed by atoms with Crippen molar-refractivity contribution >= 4 is 0 Å². The molecule has 0 aromatic carbocycles. The SMILES string of the molecule is C/C=C/[C@H]1COC(C)O1.CC. The number of rotatable bonds is 1. The van der Waals surface area contributed by atoms with E-state index < -0.39 is 0 Å². The van der Waals surface area contributed by atoms with Crippen molar-refractivity contribution in [2.45, 2.75) is 40.1 Å². The maximum atomic E-state index is 5.29. The molecular formula is C9H18O2. The third-order valence-corrected chi connectivity index (χ3v) is 1.27. The van der Waals surface area contributed by atoms with Gasteiger partial charge in [0.05, 0.1) is 6.61 Å². The van der Waals surface area contributed by atoms with E-state index in [0.717, 1.165) is 0 Å². The Labute approximate surface area is 69.2 Å². The first kappa shape index (κ1) is 10.7. The predicted octanol–water partition coefficient (Wildman–Crippen LogP) is 2.35. The summed E-state index contributed by atoms with van der Waals surface area (Å²) in [5.74, 6) is 0. The van der Waals surface area contributed by atoms with Crippen LogP contribution in [0.1, 0.15) is 27.7 Å². The Morgan fingerprint density at radius 1 is 1.36 bits per heavy atom. The lowest BCUT2D eigenvalue weighted by molar-refractivity contribution is -0.0349. The summed E-state index contributed by atoms with van der Waals surface area (Å²) in [7, 11) is 0.